The predicted octanol–water partition coefficient (Wildman–Crippen LogP) is 2.99. The normalized spacial score (nSPS) is 12.7. The number of hydrogen-bond donors (Lipinski definition) is 3. The topological polar surface area (TPSA) is 145 Å². The zero-order chi connectivity index (χ0) is 24.3. The summed E-state index contributed by atoms with van der Waals surface area (Å²) in [5.41, 5.74) is 5.30. The number of carbonyl (C=O) groups excluding carboxylic acids is 1. The van der Waals surface area contributed by atoms with Crippen molar-refractivity contribution in [1.82, 2.24) is 0 Å². The summed E-state index contributed by atoms with van der Waals surface area (Å²) in [5.74, 6) is -4.99. The third kappa shape index (κ3) is 9.35. The van der Waals surface area contributed by atoms with Gasteiger partial charge in [-0.25, -0.2) is 0 Å². The smallest absolute Gasteiger partial charge is 0.311 e. The number of nitrogens with two attached hydrogens (primary N) is 1. The van der Waals surface area contributed by atoms with Gasteiger partial charge in [0.05, 0.1) is 12.3 Å². The van der Waals surface area contributed by atoms with Crippen LogP contribution in [0.25, 0.3) is 6.08 Å². The van der Waals surface area contributed by atoms with Crippen LogP contribution < -0.4 is 15.2 Å². The first-order valence-electron chi connectivity index (χ1n) is 9.99. The van der Waals surface area contributed by atoms with Crippen molar-refractivity contribution >= 4 is 32.0 Å². The first kappa shape index (κ1) is 26.9. The van der Waals surface area contributed by atoms with E-state index < -0.39 is 38.3 Å². The van der Waals surface area contributed by atoms with Crippen molar-refractivity contribution in [3.63, 3.8) is 0 Å². The highest BCUT2D eigenvalue weighted by molar-refractivity contribution is 6.76. The molecule has 0 aromatic heterocycles. The number of carbonyl (C=O) groups is 3. The molecule has 4 N–H and O–H groups in total. The summed E-state index contributed by atoms with van der Waals surface area (Å²) in [6, 6.07) is 5.80. The van der Waals surface area contributed by atoms with Gasteiger partial charge in [0.25, 0.3) is 0 Å². The molecule has 1 unspecified atom stereocenters. The van der Waals surface area contributed by atoms with Crippen molar-refractivity contribution in [2.45, 2.75) is 32.1 Å². The number of amides is 1. The molecule has 0 spiro atoms. The lowest BCUT2D eigenvalue weighted by Gasteiger charge is -2.18. The fraction of sp³-hybridized carbons (Fsp3) is 0.409. The van der Waals surface area contributed by atoms with Crippen LogP contribution in [0.2, 0.25) is 25.7 Å². The van der Waals surface area contributed by atoms with Crippen LogP contribution in [0.3, 0.4) is 0 Å². The monoisotopic (exact) mass is 465 g/mol. The molecule has 1 atom stereocenters. The Hall–Kier alpha value is -3.11. The number of carboxylic acids is 2. The summed E-state index contributed by atoms with van der Waals surface area (Å²) < 4.78 is 16.9. The average molecular weight is 466 g/mol. The number of benzene rings is 1. The van der Waals surface area contributed by atoms with Crippen LogP contribution in [0.5, 0.6) is 11.5 Å². The quantitative estimate of drug-likeness (QED) is 0.118. The van der Waals surface area contributed by atoms with Gasteiger partial charge < -0.3 is 30.2 Å². The van der Waals surface area contributed by atoms with Crippen molar-refractivity contribution < 1.29 is 38.8 Å². The number of primary amides is 1. The van der Waals surface area contributed by atoms with Crippen LogP contribution in [0.15, 0.2) is 36.4 Å². The number of ether oxygens (including phenoxy) is 3. The maximum Gasteiger partial charge on any atom is 0.311 e. The predicted molar refractivity (Wildman–Crippen MR) is 122 cm³/mol. The van der Waals surface area contributed by atoms with Gasteiger partial charge >= 0.3 is 11.9 Å². The minimum Gasteiger partial charge on any atom is -0.485 e. The lowest BCUT2D eigenvalue weighted by atomic mass is 9.93. The molecule has 0 aliphatic rings. The lowest BCUT2D eigenvalue weighted by molar-refractivity contribution is -0.147. The number of para-hydroxylation sites is 1. The standard InChI is InChI=1S/C22H31NO8Si/c1-5-9-30-20-15(12-16(21(23)26)17(22(27)28)13-19(24)25)7-6-8-18(20)31-14-29-10-11-32(2,3)4/h5-8,12,17H,1,9-11,13-14H2,2-4H3,(H2,23,26)(H,24,25)(H,27,28). The van der Waals surface area contributed by atoms with Crippen LogP contribution >= 0.6 is 0 Å². The molecule has 9 nitrogen and oxygen atoms in total. The molecule has 0 saturated carbocycles. The van der Waals surface area contributed by atoms with Crippen molar-refractivity contribution in [1.29, 1.82) is 0 Å². The molecule has 0 aliphatic carbocycles. The van der Waals surface area contributed by atoms with Gasteiger partial charge in [0.1, 0.15) is 6.61 Å². The van der Waals surface area contributed by atoms with Crippen LogP contribution in [-0.4, -0.2) is 56.1 Å². The largest absolute Gasteiger partial charge is 0.485 e. The van der Waals surface area contributed by atoms with Gasteiger partial charge in [0.2, 0.25) is 5.91 Å². The molecule has 176 valence electrons. The maximum absolute atomic E-state index is 12.0. The Bertz CT molecular complexity index is 860. The maximum atomic E-state index is 12.0. The molecule has 1 aromatic rings. The van der Waals surface area contributed by atoms with Gasteiger partial charge in [-0.1, -0.05) is 44.4 Å². The molecule has 1 aromatic carbocycles. The van der Waals surface area contributed by atoms with E-state index in [2.05, 4.69) is 26.2 Å². The lowest BCUT2D eigenvalue weighted by Crippen LogP contribution is -2.28. The number of rotatable bonds is 15. The Labute approximate surface area is 188 Å². The Morgan fingerprint density at radius 2 is 1.88 bits per heavy atom. The molecular weight excluding hydrogens is 434 g/mol. The van der Waals surface area contributed by atoms with E-state index in [4.69, 9.17) is 25.1 Å². The van der Waals surface area contributed by atoms with Crippen molar-refractivity contribution in [3.05, 3.63) is 42.0 Å². The summed E-state index contributed by atoms with van der Waals surface area (Å²) in [6.45, 7) is 10.9. The number of hydrogen-bond acceptors (Lipinski definition) is 6. The second kappa shape index (κ2) is 12.7. The summed E-state index contributed by atoms with van der Waals surface area (Å²) in [5, 5.41) is 18.4. The van der Waals surface area contributed by atoms with E-state index in [1.54, 1.807) is 18.2 Å². The molecule has 0 radical (unpaired) electrons. The Morgan fingerprint density at radius 3 is 2.41 bits per heavy atom. The third-order valence-electron chi connectivity index (χ3n) is 4.30. The first-order chi connectivity index (χ1) is 15.0. The zero-order valence-electron chi connectivity index (χ0n) is 18.6. The van der Waals surface area contributed by atoms with E-state index in [0.717, 1.165) is 6.04 Å². The molecule has 0 aliphatic heterocycles. The zero-order valence-corrected chi connectivity index (χ0v) is 19.6. The second-order valence-electron chi connectivity index (χ2n) is 8.21. The average Bonchev–Trinajstić information content (AvgIpc) is 2.68. The number of carboxylic acid groups (broad SMARTS) is 2. The molecule has 0 bridgehead atoms. The fourth-order valence-corrected chi connectivity index (χ4v) is 3.37. The van der Waals surface area contributed by atoms with Gasteiger partial charge in [-0.2, -0.15) is 0 Å². The van der Waals surface area contributed by atoms with Gasteiger partial charge in [-0.05, 0) is 18.2 Å². The molecule has 0 fully saturated rings. The molecule has 1 rings (SSSR count). The highest BCUT2D eigenvalue weighted by atomic mass is 28.3. The second-order valence-corrected chi connectivity index (χ2v) is 13.8. The minimum absolute atomic E-state index is 0.0263. The third-order valence-corrected chi connectivity index (χ3v) is 6.00. The van der Waals surface area contributed by atoms with E-state index in [-0.39, 0.29) is 24.7 Å². The minimum atomic E-state index is -1.62. The van der Waals surface area contributed by atoms with E-state index in [9.17, 15) is 19.5 Å². The van der Waals surface area contributed by atoms with E-state index >= 15 is 0 Å². The van der Waals surface area contributed by atoms with Gasteiger partial charge in [-0.3, -0.25) is 14.4 Å². The molecule has 0 heterocycles. The number of aliphatic carboxylic acids is 2. The highest BCUT2D eigenvalue weighted by Gasteiger charge is 2.29. The Kier molecular flexibility index (Phi) is 10.7. The van der Waals surface area contributed by atoms with Gasteiger partial charge in [-0.15, -0.1) is 0 Å². The van der Waals surface area contributed by atoms with E-state index in [1.165, 1.54) is 12.2 Å². The van der Waals surface area contributed by atoms with Crippen molar-refractivity contribution in [3.8, 4) is 11.5 Å². The molecule has 0 saturated heterocycles. The Morgan fingerprint density at radius 1 is 1.19 bits per heavy atom. The summed E-state index contributed by atoms with van der Waals surface area (Å²) in [6.07, 6.45) is 1.92. The van der Waals surface area contributed by atoms with Crippen molar-refractivity contribution in [2.24, 2.45) is 11.7 Å². The first-order valence-corrected chi connectivity index (χ1v) is 13.7. The van der Waals surface area contributed by atoms with Gasteiger partial charge in [0.15, 0.2) is 18.3 Å². The molecule has 1 amide bonds. The summed E-state index contributed by atoms with van der Waals surface area (Å²) in [7, 11) is -1.24. The van der Waals surface area contributed by atoms with Crippen LogP contribution in [0.4, 0.5) is 0 Å². The molecule has 32 heavy (non-hydrogen) atoms. The SMILES string of the molecule is C=CCOc1c(C=C(C(N)=O)C(CC(=O)O)C(=O)O)cccc1OCOCC[Si](C)(C)C. The summed E-state index contributed by atoms with van der Waals surface area (Å²) in [4.78, 5) is 34.6. The van der Waals surface area contributed by atoms with Crippen LogP contribution in [-0.2, 0) is 19.1 Å². The highest BCUT2D eigenvalue weighted by Crippen LogP contribution is 2.34. The molecular formula is C22H31NO8Si. The Balaban J connectivity index is 3.24. The van der Waals surface area contributed by atoms with E-state index in [0.29, 0.717) is 17.9 Å². The van der Waals surface area contributed by atoms with Gasteiger partial charge in [0, 0.05) is 25.8 Å². The fourth-order valence-electron chi connectivity index (χ4n) is 2.62. The van der Waals surface area contributed by atoms with Crippen LogP contribution in [0, 0.1) is 5.92 Å². The summed E-state index contributed by atoms with van der Waals surface area (Å²) >= 11 is 0. The van der Waals surface area contributed by atoms with Crippen LogP contribution in [0.1, 0.15) is 12.0 Å². The van der Waals surface area contributed by atoms with Crippen molar-refractivity contribution in [2.75, 3.05) is 20.0 Å². The molecule has 10 heteroatoms. The van der Waals surface area contributed by atoms with E-state index in [1.807, 2.05) is 0 Å².